The second-order valence-corrected chi connectivity index (χ2v) is 6.98. The fraction of sp³-hybridized carbons (Fsp3) is 0.350. The molecule has 0 bridgehead atoms. The Hall–Kier alpha value is -3.00. The van der Waals surface area contributed by atoms with E-state index >= 15 is 0 Å². The van der Waals surface area contributed by atoms with E-state index < -0.39 is 4.92 Å². The summed E-state index contributed by atoms with van der Waals surface area (Å²) in [6, 6.07) is 7.64. The minimum absolute atomic E-state index is 0.0653. The lowest BCUT2D eigenvalue weighted by Crippen LogP contribution is -2.28. The highest BCUT2D eigenvalue weighted by Gasteiger charge is 2.22. The number of nitro benzene ring substituents is 1. The van der Waals surface area contributed by atoms with Gasteiger partial charge in [-0.15, -0.1) is 0 Å². The predicted octanol–water partition coefficient (Wildman–Crippen LogP) is 3.67. The number of nitrogens with one attached hydrogen (secondary N) is 1. The van der Waals surface area contributed by atoms with Crippen LogP contribution in [0.4, 0.5) is 5.69 Å². The van der Waals surface area contributed by atoms with E-state index in [9.17, 15) is 14.9 Å². The van der Waals surface area contributed by atoms with Crippen LogP contribution >= 0.6 is 11.6 Å². The molecule has 3 rings (SSSR count). The van der Waals surface area contributed by atoms with Crippen LogP contribution in [0.5, 0.6) is 17.2 Å². The fourth-order valence-electron chi connectivity index (χ4n) is 3.02. The Morgan fingerprint density at radius 3 is 2.79 bits per heavy atom. The summed E-state index contributed by atoms with van der Waals surface area (Å²) in [5, 5.41) is 13.6. The first kappa shape index (κ1) is 20.7. The second-order valence-electron chi connectivity index (χ2n) is 6.57. The Kier molecular flexibility index (Phi) is 6.43. The molecule has 0 saturated carbocycles. The maximum absolute atomic E-state index is 12.2. The summed E-state index contributed by atoms with van der Waals surface area (Å²) in [4.78, 5) is 22.4. The number of hydrogen-bond donors (Lipinski definition) is 1. The number of benzene rings is 2. The van der Waals surface area contributed by atoms with Crippen molar-refractivity contribution < 1.29 is 23.9 Å². The monoisotopic (exact) mass is 420 g/mol. The standard InChI is InChI=1S/C20H21ClN2O6/c1-3-27-18-7-13-6-12(2)29-19(13)8-14(18)10-22-20(24)11-28-17-5-4-15(23(25)26)9-16(17)21/h4-5,7-9,12H,3,6,10-11H2,1-2H3,(H,22,24)/t12-/m0/s1. The Balaban J connectivity index is 1.59. The van der Waals surface area contributed by atoms with Gasteiger partial charge in [0.05, 0.1) is 16.6 Å². The van der Waals surface area contributed by atoms with Crippen LogP contribution in [0.2, 0.25) is 5.02 Å². The van der Waals surface area contributed by atoms with E-state index in [2.05, 4.69) is 5.32 Å². The van der Waals surface area contributed by atoms with Gasteiger partial charge in [-0.25, -0.2) is 0 Å². The number of carbonyl (C=O) groups excluding carboxylic acids is 1. The average molecular weight is 421 g/mol. The molecule has 0 spiro atoms. The van der Waals surface area contributed by atoms with Crippen LogP contribution in [0.3, 0.4) is 0 Å². The van der Waals surface area contributed by atoms with Crippen LogP contribution in [-0.4, -0.2) is 30.1 Å². The van der Waals surface area contributed by atoms with E-state index in [4.69, 9.17) is 25.8 Å². The molecule has 29 heavy (non-hydrogen) atoms. The van der Waals surface area contributed by atoms with Crippen molar-refractivity contribution in [2.75, 3.05) is 13.2 Å². The zero-order chi connectivity index (χ0) is 21.0. The highest BCUT2D eigenvalue weighted by molar-refractivity contribution is 6.32. The van der Waals surface area contributed by atoms with Crippen LogP contribution < -0.4 is 19.5 Å². The molecular formula is C20H21ClN2O6. The van der Waals surface area contributed by atoms with Crippen molar-refractivity contribution in [3.8, 4) is 17.2 Å². The summed E-state index contributed by atoms with van der Waals surface area (Å²) in [6.45, 7) is 4.38. The molecule has 1 aliphatic heterocycles. The van der Waals surface area contributed by atoms with Crippen molar-refractivity contribution in [2.45, 2.75) is 32.9 Å². The van der Waals surface area contributed by atoms with Gasteiger partial charge in [0.1, 0.15) is 23.4 Å². The smallest absolute Gasteiger partial charge is 0.271 e. The van der Waals surface area contributed by atoms with Gasteiger partial charge in [0, 0.05) is 36.2 Å². The minimum atomic E-state index is -0.556. The second kappa shape index (κ2) is 9.00. The largest absolute Gasteiger partial charge is 0.494 e. The molecule has 1 amide bonds. The summed E-state index contributed by atoms with van der Waals surface area (Å²) in [6.07, 6.45) is 0.940. The van der Waals surface area contributed by atoms with E-state index in [1.807, 2.05) is 26.0 Å². The van der Waals surface area contributed by atoms with Gasteiger partial charge in [-0.1, -0.05) is 11.6 Å². The molecule has 154 valence electrons. The van der Waals surface area contributed by atoms with Crippen molar-refractivity contribution in [2.24, 2.45) is 0 Å². The molecule has 1 aliphatic rings. The van der Waals surface area contributed by atoms with Crippen molar-refractivity contribution in [3.05, 3.63) is 56.6 Å². The number of hydrogen-bond acceptors (Lipinski definition) is 6. The normalized spacial score (nSPS) is 14.7. The third-order valence-electron chi connectivity index (χ3n) is 4.34. The van der Waals surface area contributed by atoms with Gasteiger partial charge in [-0.2, -0.15) is 0 Å². The van der Waals surface area contributed by atoms with Gasteiger partial charge in [0.25, 0.3) is 11.6 Å². The van der Waals surface area contributed by atoms with Crippen molar-refractivity contribution in [1.29, 1.82) is 0 Å². The third kappa shape index (κ3) is 5.08. The van der Waals surface area contributed by atoms with Gasteiger partial charge >= 0.3 is 0 Å². The van der Waals surface area contributed by atoms with Gasteiger partial charge in [0.2, 0.25) is 0 Å². The molecule has 0 saturated heterocycles. The molecule has 2 aromatic carbocycles. The first-order valence-electron chi connectivity index (χ1n) is 9.16. The summed E-state index contributed by atoms with van der Waals surface area (Å²) < 4.78 is 16.8. The SMILES string of the molecule is CCOc1cc2c(cc1CNC(=O)COc1ccc([N+](=O)[O-])cc1Cl)O[C@@H](C)C2. The molecule has 8 nitrogen and oxygen atoms in total. The van der Waals surface area contributed by atoms with E-state index in [0.717, 1.165) is 23.3 Å². The summed E-state index contributed by atoms with van der Waals surface area (Å²) >= 11 is 5.96. The van der Waals surface area contributed by atoms with Crippen molar-refractivity contribution in [1.82, 2.24) is 5.32 Å². The van der Waals surface area contributed by atoms with Gasteiger partial charge in [-0.3, -0.25) is 14.9 Å². The number of nitro groups is 1. The molecule has 2 aromatic rings. The summed E-state index contributed by atoms with van der Waals surface area (Å²) in [5.74, 6) is 1.35. The van der Waals surface area contributed by atoms with Gasteiger partial charge < -0.3 is 19.5 Å². The number of amides is 1. The maximum Gasteiger partial charge on any atom is 0.271 e. The highest BCUT2D eigenvalue weighted by atomic mass is 35.5. The first-order valence-corrected chi connectivity index (χ1v) is 9.53. The Morgan fingerprint density at radius 2 is 2.10 bits per heavy atom. The quantitative estimate of drug-likeness (QED) is 0.516. The zero-order valence-corrected chi connectivity index (χ0v) is 16.8. The number of halogens is 1. The lowest BCUT2D eigenvalue weighted by atomic mass is 10.1. The number of ether oxygens (including phenoxy) is 3. The number of non-ortho nitro benzene ring substituents is 1. The Morgan fingerprint density at radius 1 is 1.31 bits per heavy atom. The minimum Gasteiger partial charge on any atom is -0.494 e. The molecule has 0 fully saturated rings. The molecule has 1 atom stereocenters. The van der Waals surface area contributed by atoms with Crippen molar-refractivity contribution >= 4 is 23.2 Å². The topological polar surface area (TPSA) is 99.9 Å². The molecule has 9 heteroatoms. The molecule has 1 heterocycles. The molecule has 0 aromatic heterocycles. The first-order chi connectivity index (χ1) is 13.9. The van der Waals surface area contributed by atoms with E-state index in [1.54, 1.807) is 0 Å². The third-order valence-corrected chi connectivity index (χ3v) is 4.64. The molecule has 1 N–H and O–H groups in total. The van der Waals surface area contributed by atoms with Gasteiger partial charge in [-0.05, 0) is 32.0 Å². The number of rotatable bonds is 8. The summed E-state index contributed by atoms with van der Waals surface area (Å²) in [5.41, 5.74) is 1.75. The fourth-order valence-corrected chi connectivity index (χ4v) is 3.25. The van der Waals surface area contributed by atoms with E-state index in [-0.39, 0.29) is 41.6 Å². The number of carbonyl (C=O) groups is 1. The molecule has 0 aliphatic carbocycles. The lowest BCUT2D eigenvalue weighted by molar-refractivity contribution is -0.384. The van der Waals surface area contributed by atoms with E-state index in [0.29, 0.717) is 12.4 Å². The Labute approximate surface area is 172 Å². The van der Waals surface area contributed by atoms with Crippen LogP contribution in [-0.2, 0) is 17.8 Å². The molecule has 0 unspecified atom stereocenters. The maximum atomic E-state index is 12.2. The van der Waals surface area contributed by atoms with Crippen LogP contribution in [0.25, 0.3) is 0 Å². The lowest BCUT2D eigenvalue weighted by Gasteiger charge is -2.14. The average Bonchev–Trinajstić information content (AvgIpc) is 3.04. The van der Waals surface area contributed by atoms with Crippen LogP contribution in [0, 0.1) is 10.1 Å². The highest BCUT2D eigenvalue weighted by Crippen LogP contribution is 2.35. The van der Waals surface area contributed by atoms with Crippen LogP contribution in [0.1, 0.15) is 25.0 Å². The Bertz CT molecular complexity index is 933. The molecular weight excluding hydrogens is 400 g/mol. The van der Waals surface area contributed by atoms with Crippen molar-refractivity contribution in [3.63, 3.8) is 0 Å². The van der Waals surface area contributed by atoms with E-state index in [1.165, 1.54) is 18.2 Å². The summed E-state index contributed by atoms with van der Waals surface area (Å²) in [7, 11) is 0. The van der Waals surface area contributed by atoms with Crippen LogP contribution in [0.15, 0.2) is 30.3 Å². The molecule has 0 radical (unpaired) electrons. The zero-order valence-electron chi connectivity index (χ0n) is 16.1. The predicted molar refractivity (Wildman–Crippen MR) is 107 cm³/mol. The van der Waals surface area contributed by atoms with Gasteiger partial charge in [0.15, 0.2) is 6.61 Å². The number of nitrogens with zero attached hydrogens (tertiary/aromatic N) is 1. The number of fused-ring (bicyclic) bond motifs is 1.